The molecular weight excluding hydrogens is 263 g/mol. The van der Waals surface area contributed by atoms with Gasteiger partial charge in [-0.1, -0.05) is 27.7 Å². The summed E-state index contributed by atoms with van der Waals surface area (Å²) in [5.74, 6) is 0.171. The SMILES string of the molecule is CC(C)CC(CC(C)C)NC1CCC(C(F)(F)F)CC1. The van der Waals surface area contributed by atoms with Crippen LogP contribution in [0.1, 0.15) is 66.2 Å². The lowest BCUT2D eigenvalue weighted by Gasteiger charge is -2.34. The van der Waals surface area contributed by atoms with Gasteiger partial charge in [0.2, 0.25) is 0 Å². The highest BCUT2D eigenvalue weighted by Crippen LogP contribution is 2.37. The van der Waals surface area contributed by atoms with E-state index < -0.39 is 12.1 Å². The van der Waals surface area contributed by atoms with Gasteiger partial charge in [0.05, 0.1) is 5.92 Å². The van der Waals surface area contributed by atoms with Gasteiger partial charge >= 0.3 is 6.18 Å². The number of alkyl halides is 3. The van der Waals surface area contributed by atoms with Gasteiger partial charge in [0, 0.05) is 12.1 Å². The van der Waals surface area contributed by atoms with Crippen LogP contribution in [0.2, 0.25) is 0 Å². The highest BCUT2D eigenvalue weighted by atomic mass is 19.4. The molecule has 4 heteroatoms. The van der Waals surface area contributed by atoms with Crippen molar-refractivity contribution in [2.45, 2.75) is 84.5 Å². The van der Waals surface area contributed by atoms with Crippen molar-refractivity contribution in [2.75, 3.05) is 0 Å². The fourth-order valence-corrected chi connectivity index (χ4v) is 3.29. The molecule has 1 fully saturated rings. The van der Waals surface area contributed by atoms with Crippen LogP contribution in [0.4, 0.5) is 13.2 Å². The Balaban J connectivity index is 2.42. The molecule has 0 heterocycles. The maximum atomic E-state index is 12.7. The van der Waals surface area contributed by atoms with Gasteiger partial charge in [-0.05, 0) is 50.4 Å². The summed E-state index contributed by atoms with van der Waals surface area (Å²) in [6, 6.07) is 0.721. The smallest absolute Gasteiger partial charge is 0.311 e. The van der Waals surface area contributed by atoms with E-state index >= 15 is 0 Å². The van der Waals surface area contributed by atoms with Crippen LogP contribution in [-0.2, 0) is 0 Å². The zero-order valence-electron chi connectivity index (χ0n) is 13.3. The van der Waals surface area contributed by atoms with Crippen LogP contribution in [0, 0.1) is 17.8 Å². The van der Waals surface area contributed by atoms with Crippen LogP contribution in [0.15, 0.2) is 0 Å². The normalized spacial score (nSPS) is 24.9. The van der Waals surface area contributed by atoms with Gasteiger partial charge in [0.25, 0.3) is 0 Å². The molecule has 120 valence electrons. The monoisotopic (exact) mass is 293 g/mol. The largest absolute Gasteiger partial charge is 0.391 e. The number of halogens is 3. The number of hydrogen-bond acceptors (Lipinski definition) is 1. The predicted molar refractivity (Wildman–Crippen MR) is 77.6 cm³/mol. The van der Waals surface area contributed by atoms with Gasteiger partial charge in [-0.25, -0.2) is 0 Å². The molecule has 0 bridgehead atoms. The van der Waals surface area contributed by atoms with E-state index in [1.54, 1.807) is 0 Å². The molecule has 1 aliphatic rings. The summed E-state index contributed by atoms with van der Waals surface area (Å²) in [6.45, 7) is 8.82. The molecule has 0 atom stereocenters. The molecule has 0 unspecified atom stereocenters. The minimum Gasteiger partial charge on any atom is -0.311 e. The topological polar surface area (TPSA) is 12.0 Å². The first kappa shape index (κ1) is 17.8. The quantitative estimate of drug-likeness (QED) is 0.713. The van der Waals surface area contributed by atoms with Gasteiger partial charge < -0.3 is 5.32 Å². The van der Waals surface area contributed by atoms with Gasteiger partial charge in [-0.3, -0.25) is 0 Å². The molecule has 20 heavy (non-hydrogen) atoms. The zero-order chi connectivity index (χ0) is 15.3. The third-order valence-electron chi connectivity index (χ3n) is 4.17. The van der Waals surface area contributed by atoms with E-state index in [1.165, 1.54) is 0 Å². The van der Waals surface area contributed by atoms with Crippen molar-refractivity contribution in [2.24, 2.45) is 17.8 Å². The molecule has 0 aromatic heterocycles. The Hall–Kier alpha value is -0.250. The summed E-state index contributed by atoms with van der Waals surface area (Å²) in [7, 11) is 0. The van der Waals surface area contributed by atoms with E-state index in [4.69, 9.17) is 0 Å². The molecule has 1 rings (SSSR count). The molecule has 0 saturated heterocycles. The number of nitrogens with one attached hydrogen (secondary N) is 1. The fourth-order valence-electron chi connectivity index (χ4n) is 3.29. The lowest BCUT2D eigenvalue weighted by atomic mass is 9.84. The Morgan fingerprint density at radius 1 is 0.900 bits per heavy atom. The van der Waals surface area contributed by atoms with Crippen molar-refractivity contribution in [3.8, 4) is 0 Å². The maximum Gasteiger partial charge on any atom is 0.391 e. The van der Waals surface area contributed by atoms with Crippen molar-refractivity contribution in [1.29, 1.82) is 0 Å². The summed E-state index contributed by atoms with van der Waals surface area (Å²) in [6.07, 6.45) is 0.122. The molecule has 0 radical (unpaired) electrons. The molecule has 1 saturated carbocycles. The van der Waals surface area contributed by atoms with Crippen molar-refractivity contribution in [1.82, 2.24) is 5.32 Å². The fraction of sp³-hybridized carbons (Fsp3) is 1.00. The molecule has 1 aliphatic carbocycles. The van der Waals surface area contributed by atoms with E-state index in [1.807, 2.05) is 0 Å². The standard InChI is InChI=1S/C16H30F3N/c1-11(2)9-15(10-12(3)4)20-14-7-5-13(6-8-14)16(17,18)19/h11-15,20H,5-10H2,1-4H3. The van der Waals surface area contributed by atoms with Gasteiger partial charge in [0.1, 0.15) is 0 Å². The minimum atomic E-state index is -4.00. The number of rotatable bonds is 6. The molecule has 0 aliphatic heterocycles. The van der Waals surface area contributed by atoms with E-state index in [0.29, 0.717) is 30.7 Å². The first-order valence-corrected chi connectivity index (χ1v) is 8.01. The molecule has 0 aromatic rings. The Labute approximate surface area is 121 Å². The van der Waals surface area contributed by atoms with Crippen molar-refractivity contribution >= 4 is 0 Å². The Bertz CT molecular complexity index is 255. The second kappa shape index (κ2) is 7.67. The van der Waals surface area contributed by atoms with E-state index in [0.717, 1.165) is 12.8 Å². The Kier molecular flexibility index (Phi) is 6.83. The third-order valence-corrected chi connectivity index (χ3v) is 4.17. The van der Waals surface area contributed by atoms with Gasteiger partial charge in [-0.2, -0.15) is 13.2 Å². The first-order chi connectivity index (χ1) is 9.18. The molecule has 0 spiro atoms. The maximum absolute atomic E-state index is 12.7. The minimum absolute atomic E-state index is 0.274. The van der Waals surface area contributed by atoms with Crippen LogP contribution in [0.3, 0.4) is 0 Å². The van der Waals surface area contributed by atoms with Crippen molar-refractivity contribution < 1.29 is 13.2 Å². The number of hydrogen-bond donors (Lipinski definition) is 1. The van der Waals surface area contributed by atoms with Crippen LogP contribution >= 0.6 is 0 Å². The second-order valence-electron chi connectivity index (χ2n) is 7.21. The lowest BCUT2D eigenvalue weighted by Crippen LogP contribution is -2.43. The molecule has 1 nitrogen and oxygen atoms in total. The van der Waals surface area contributed by atoms with Gasteiger partial charge in [0.15, 0.2) is 0 Å². The summed E-state index contributed by atoms with van der Waals surface area (Å²) in [4.78, 5) is 0. The summed E-state index contributed by atoms with van der Waals surface area (Å²) < 4.78 is 38.0. The molecule has 0 aromatic carbocycles. The second-order valence-corrected chi connectivity index (χ2v) is 7.21. The molecular formula is C16H30F3N. The van der Waals surface area contributed by atoms with Crippen LogP contribution in [0.25, 0.3) is 0 Å². The predicted octanol–water partition coefficient (Wildman–Crippen LogP) is 5.16. The van der Waals surface area contributed by atoms with Gasteiger partial charge in [-0.15, -0.1) is 0 Å². The Morgan fingerprint density at radius 2 is 1.35 bits per heavy atom. The van der Waals surface area contributed by atoms with E-state index in [9.17, 15) is 13.2 Å². The first-order valence-electron chi connectivity index (χ1n) is 8.01. The summed E-state index contributed by atoms with van der Waals surface area (Å²) in [5, 5.41) is 3.62. The summed E-state index contributed by atoms with van der Waals surface area (Å²) in [5.41, 5.74) is 0. The Morgan fingerprint density at radius 3 is 1.70 bits per heavy atom. The zero-order valence-corrected chi connectivity index (χ0v) is 13.3. The van der Waals surface area contributed by atoms with Crippen molar-refractivity contribution in [3.63, 3.8) is 0 Å². The van der Waals surface area contributed by atoms with E-state index in [-0.39, 0.29) is 18.9 Å². The summed E-state index contributed by atoms with van der Waals surface area (Å²) >= 11 is 0. The highest BCUT2D eigenvalue weighted by Gasteiger charge is 2.41. The average Bonchev–Trinajstić information content (AvgIpc) is 2.26. The highest BCUT2D eigenvalue weighted by molar-refractivity contribution is 4.83. The van der Waals surface area contributed by atoms with Crippen LogP contribution in [-0.4, -0.2) is 18.3 Å². The average molecular weight is 293 g/mol. The third kappa shape index (κ3) is 6.47. The van der Waals surface area contributed by atoms with Crippen LogP contribution in [0.5, 0.6) is 0 Å². The van der Waals surface area contributed by atoms with Crippen molar-refractivity contribution in [3.05, 3.63) is 0 Å². The van der Waals surface area contributed by atoms with E-state index in [2.05, 4.69) is 33.0 Å². The van der Waals surface area contributed by atoms with Crippen LogP contribution < -0.4 is 5.32 Å². The lowest BCUT2D eigenvalue weighted by molar-refractivity contribution is -0.182. The molecule has 0 amide bonds. The molecule has 1 N–H and O–H groups in total.